The Morgan fingerprint density at radius 3 is 2.74 bits per heavy atom. The van der Waals surface area contributed by atoms with Gasteiger partial charge < -0.3 is 20.4 Å². The second-order valence-corrected chi connectivity index (χ2v) is 6.08. The van der Waals surface area contributed by atoms with Crippen LogP contribution in [-0.2, 0) is 13.0 Å². The number of aliphatic imine (C=N–C) groups is 1. The van der Waals surface area contributed by atoms with Gasteiger partial charge in [-0.15, -0.1) is 0 Å². The number of guanidine groups is 1. The lowest BCUT2D eigenvalue weighted by atomic mass is 10.1. The van der Waals surface area contributed by atoms with Gasteiger partial charge >= 0.3 is 0 Å². The van der Waals surface area contributed by atoms with Gasteiger partial charge in [-0.25, -0.2) is 8.78 Å². The number of fused-ring (bicyclic) bond motifs is 1. The van der Waals surface area contributed by atoms with Gasteiger partial charge in [-0.3, -0.25) is 4.99 Å². The van der Waals surface area contributed by atoms with Gasteiger partial charge in [0.15, 0.2) is 17.5 Å². The molecule has 0 aliphatic rings. The number of benzene rings is 2. The van der Waals surface area contributed by atoms with Crippen LogP contribution in [0.4, 0.5) is 8.78 Å². The second kappa shape index (κ2) is 8.53. The fraction of sp³-hybridized carbons (Fsp3) is 0.250. The first-order valence-electron chi connectivity index (χ1n) is 8.63. The fourth-order valence-corrected chi connectivity index (χ4v) is 2.90. The van der Waals surface area contributed by atoms with Crippen LogP contribution in [0.3, 0.4) is 0 Å². The van der Waals surface area contributed by atoms with Gasteiger partial charge in [0.25, 0.3) is 0 Å². The second-order valence-electron chi connectivity index (χ2n) is 6.08. The van der Waals surface area contributed by atoms with E-state index in [0.29, 0.717) is 25.5 Å². The summed E-state index contributed by atoms with van der Waals surface area (Å²) in [5, 5.41) is 7.23. The van der Waals surface area contributed by atoms with E-state index in [1.807, 2.05) is 6.20 Å². The highest BCUT2D eigenvalue weighted by molar-refractivity contribution is 5.83. The Morgan fingerprint density at radius 1 is 1.15 bits per heavy atom. The molecule has 0 amide bonds. The first kappa shape index (κ1) is 18.7. The number of methoxy groups -OCH3 is 1. The number of nitrogens with zero attached hydrogens (tertiary/aromatic N) is 1. The molecule has 1 heterocycles. The van der Waals surface area contributed by atoms with E-state index in [1.54, 1.807) is 25.2 Å². The molecule has 7 heteroatoms. The summed E-state index contributed by atoms with van der Waals surface area (Å²) in [6.07, 6.45) is 2.60. The van der Waals surface area contributed by atoms with Gasteiger partial charge in [0.2, 0.25) is 0 Å². The van der Waals surface area contributed by atoms with Gasteiger partial charge in [0.05, 0.1) is 7.11 Å². The number of nitrogens with one attached hydrogen (secondary N) is 3. The van der Waals surface area contributed by atoms with Crippen LogP contribution < -0.4 is 15.4 Å². The molecule has 1 aromatic heterocycles. The molecule has 2 aromatic carbocycles. The summed E-state index contributed by atoms with van der Waals surface area (Å²) in [7, 11) is 3.11. The smallest absolute Gasteiger partial charge is 0.191 e. The first-order valence-corrected chi connectivity index (χ1v) is 8.63. The molecule has 142 valence electrons. The van der Waals surface area contributed by atoms with E-state index in [-0.39, 0.29) is 11.6 Å². The van der Waals surface area contributed by atoms with Crippen molar-refractivity contribution in [1.82, 2.24) is 15.6 Å². The number of hydrogen-bond donors (Lipinski definition) is 3. The largest absolute Gasteiger partial charge is 0.494 e. The summed E-state index contributed by atoms with van der Waals surface area (Å²) >= 11 is 0. The maximum atomic E-state index is 13.7. The molecule has 0 saturated heterocycles. The highest BCUT2D eigenvalue weighted by atomic mass is 19.1. The van der Waals surface area contributed by atoms with Crippen LogP contribution in [0.1, 0.15) is 11.1 Å². The first-order chi connectivity index (χ1) is 13.1. The Morgan fingerprint density at radius 2 is 2.00 bits per heavy atom. The minimum Gasteiger partial charge on any atom is -0.494 e. The van der Waals surface area contributed by atoms with E-state index < -0.39 is 5.82 Å². The Hall–Kier alpha value is -3.09. The van der Waals surface area contributed by atoms with Gasteiger partial charge in [-0.05, 0) is 47.9 Å². The zero-order chi connectivity index (χ0) is 19.2. The van der Waals surface area contributed by atoms with Crippen molar-refractivity contribution < 1.29 is 13.5 Å². The summed E-state index contributed by atoms with van der Waals surface area (Å²) in [4.78, 5) is 7.31. The van der Waals surface area contributed by atoms with Crippen LogP contribution >= 0.6 is 0 Å². The lowest BCUT2D eigenvalue weighted by molar-refractivity contribution is 0.386. The molecular weight excluding hydrogens is 350 g/mol. The lowest BCUT2D eigenvalue weighted by Gasteiger charge is -2.12. The molecule has 0 atom stereocenters. The Balaban J connectivity index is 1.53. The summed E-state index contributed by atoms with van der Waals surface area (Å²) in [6, 6.07) is 9.53. The third kappa shape index (κ3) is 4.55. The highest BCUT2D eigenvalue weighted by Gasteiger charge is 2.07. The lowest BCUT2D eigenvalue weighted by Crippen LogP contribution is -2.37. The van der Waals surface area contributed by atoms with E-state index in [9.17, 15) is 8.78 Å². The van der Waals surface area contributed by atoms with Crippen LogP contribution in [0.15, 0.2) is 47.6 Å². The summed E-state index contributed by atoms with van der Waals surface area (Å²) < 4.78 is 32.1. The Labute approximate surface area is 156 Å². The number of aromatic amines is 1. The third-order valence-electron chi connectivity index (χ3n) is 4.32. The molecule has 3 aromatic rings. The number of H-pyrrole nitrogens is 1. The molecule has 0 bridgehead atoms. The van der Waals surface area contributed by atoms with Crippen molar-refractivity contribution in [3.8, 4) is 5.75 Å². The van der Waals surface area contributed by atoms with Crippen molar-refractivity contribution in [3.05, 3.63) is 65.4 Å². The molecular formula is C20H22F2N4O. The zero-order valence-corrected chi connectivity index (χ0v) is 15.3. The number of hydrogen-bond acceptors (Lipinski definition) is 2. The molecule has 0 aliphatic carbocycles. The van der Waals surface area contributed by atoms with Crippen LogP contribution in [0.5, 0.6) is 5.75 Å². The minimum absolute atomic E-state index is 0.219. The minimum atomic E-state index is -0.397. The van der Waals surface area contributed by atoms with Gasteiger partial charge in [0.1, 0.15) is 5.82 Å². The highest BCUT2D eigenvalue weighted by Crippen LogP contribution is 2.19. The summed E-state index contributed by atoms with van der Waals surface area (Å²) in [5.41, 5.74) is 2.73. The van der Waals surface area contributed by atoms with Crippen LogP contribution in [0, 0.1) is 11.6 Å². The van der Waals surface area contributed by atoms with Crippen molar-refractivity contribution in [2.24, 2.45) is 4.99 Å². The van der Waals surface area contributed by atoms with E-state index in [4.69, 9.17) is 4.74 Å². The van der Waals surface area contributed by atoms with Crippen LogP contribution in [-0.4, -0.2) is 31.6 Å². The van der Waals surface area contributed by atoms with Crippen molar-refractivity contribution >= 4 is 16.9 Å². The Bertz CT molecular complexity index is 952. The maximum absolute atomic E-state index is 13.7. The Kier molecular flexibility index (Phi) is 5.90. The SMILES string of the molecule is CN=C(NCCc1c[nH]c2ccc(F)cc12)NCc1ccc(OC)c(F)c1. The topological polar surface area (TPSA) is 61.4 Å². The third-order valence-corrected chi connectivity index (χ3v) is 4.32. The van der Waals surface area contributed by atoms with Crippen molar-refractivity contribution in [2.45, 2.75) is 13.0 Å². The van der Waals surface area contributed by atoms with Crippen LogP contribution in [0.2, 0.25) is 0 Å². The molecule has 5 nitrogen and oxygen atoms in total. The predicted molar refractivity (Wildman–Crippen MR) is 103 cm³/mol. The van der Waals surface area contributed by atoms with Crippen LogP contribution in [0.25, 0.3) is 10.9 Å². The van der Waals surface area contributed by atoms with E-state index in [0.717, 1.165) is 22.0 Å². The molecule has 0 radical (unpaired) electrons. The monoisotopic (exact) mass is 372 g/mol. The van der Waals surface area contributed by atoms with E-state index in [1.165, 1.54) is 25.3 Å². The number of halogens is 2. The summed E-state index contributed by atoms with van der Waals surface area (Å²) in [6.45, 7) is 1.05. The van der Waals surface area contributed by atoms with E-state index >= 15 is 0 Å². The van der Waals surface area contributed by atoms with Gasteiger partial charge in [0, 0.05) is 37.2 Å². The predicted octanol–water partition coefficient (Wildman–Crippen LogP) is 3.36. The number of aromatic nitrogens is 1. The molecule has 3 N–H and O–H groups in total. The maximum Gasteiger partial charge on any atom is 0.191 e. The molecule has 0 aliphatic heterocycles. The summed E-state index contributed by atoms with van der Waals surface area (Å²) in [5.74, 6) is 0.181. The molecule has 0 unspecified atom stereocenters. The average molecular weight is 372 g/mol. The molecule has 3 rings (SSSR count). The van der Waals surface area contributed by atoms with Gasteiger partial charge in [-0.1, -0.05) is 6.07 Å². The van der Waals surface area contributed by atoms with Crippen molar-refractivity contribution in [1.29, 1.82) is 0 Å². The van der Waals surface area contributed by atoms with Gasteiger partial charge in [-0.2, -0.15) is 0 Å². The fourth-order valence-electron chi connectivity index (χ4n) is 2.90. The number of ether oxygens (including phenoxy) is 1. The number of rotatable bonds is 6. The van der Waals surface area contributed by atoms with Crippen molar-refractivity contribution in [3.63, 3.8) is 0 Å². The molecule has 0 spiro atoms. The van der Waals surface area contributed by atoms with Crippen molar-refractivity contribution in [2.75, 3.05) is 20.7 Å². The molecule has 27 heavy (non-hydrogen) atoms. The molecule has 0 fully saturated rings. The normalized spacial score (nSPS) is 11.6. The molecule has 0 saturated carbocycles. The quantitative estimate of drug-likeness (QED) is 0.459. The average Bonchev–Trinajstić information content (AvgIpc) is 3.06. The van der Waals surface area contributed by atoms with E-state index in [2.05, 4.69) is 20.6 Å². The zero-order valence-electron chi connectivity index (χ0n) is 15.3. The standard InChI is InChI=1S/C20H22F2N4O/c1-23-20(26-11-13-3-6-19(27-2)17(22)9-13)24-8-7-14-12-25-18-5-4-15(21)10-16(14)18/h3-6,9-10,12,25H,7-8,11H2,1-2H3,(H2,23,24,26).